The Bertz CT molecular complexity index is 479. The summed E-state index contributed by atoms with van der Waals surface area (Å²) in [5.41, 5.74) is 0.658. The molecule has 0 aromatic heterocycles. The van der Waals surface area contributed by atoms with Crippen molar-refractivity contribution in [1.29, 1.82) is 0 Å². The number of hydrogen-bond donors (Lipinski definition) is 2. The molecule has 1 aromatic rings. The molecular weight excluding hydrogens is 288 g/mol. The monoisotopic (exact) mass is 304 g/mol. The topological polar surface area (TPSA) is 41.1 Å². The summed E-state index contributed by atoms with van der Waals surface area (Å²) in [7, 11) is 0. The zero-order chi connectivity index (χ0) is 15.5. The van der Waals surface area contributed by atoms with E-state index in [1.165, 1.54) is 24.3 Å². The van der Waals surface area contributed by atoms with Crippen LogP contribution < -0.4 is 10.6 Å². The number of nitrogens with one attached hydrogen (secondary N) is 2. The number of alkyl halides is 3. The molecule has 1 fully saturated rings. The number of benzene rings is 1. The van der Waals surface area contributed by atoms with E-state index in [-0.39, 0.29) is 43.6 Å². The van der Waals surface area contributed by atoms with E-state index in [9.17, 15) is 22.4 Å². The van der Waals surface area contributed by atoms with Gasteiger partial charge < -0.3 is 10.6 Å². The van der Waals surface area contributed by atoms with Crippen molar-refractivity contribution in [2.45, 2.75) is 37.5 Å². The van der Waals surface area contributed by atoms with Gasteiger partial charge in [-0.25, -0.2) is 4.39 Å². The molecule has 1 amide bonds. The van der Waals surface area contributed by atoms with Crippen LogP contribution in [0.1, 0.15) is 18.4 Å². The quantitative estimate of drug-likeness (QED) is 0.840. The van der Waals surface area contributed by atoms with Gasteiger partial charge in [-0.1, -0.05) is 12.1 Å². The molecule has 1 aliphatic rings. The lowest BCUT2D eigenvalue weighted by atomic mass is 10.00. The number of piperidine rings is 1. The summed E-state index contributed by atoms with van der Waals surface area (Å²) >= 11 is 0. The number of carbonyl (C=O) groups is 1. The maximum atomic E-state index is 12.7. The predicted molar refractivity (Wildman–Crippen MR) is 69.1 cm³/mol. The van der Waals surface area contributed by atoms with Crippen molar-refractivity contribution in [3.8, 4) is 0 Å². The van der Waals surface area contributed by atoms with E-state index in [0.717, 1.165) is 0 Å². The molecule has 1 heterocycles. The Kier molecular flexibility index (Phi) is 4.82. The van der Waals surface area contributed by atoms with E-state index in [2.05, 4.69) is 10.6 Å². The maximum Gasteiger partial charge on any atom is 0.403 e. The number of rotatable bonds is 3. The Morgan fingerprint density at radius 2 is 1.90 bits per heavy atom. The lowest BCUT2D eigenvalue weighted by Crippen LogP contribution is -2.54. The van der Waals surface area contributed by atoms with Gasteiger partial charge in [-0.3, -0.25) is 4.79 Å². The lowest BCUT2D eigenvalue weighted by molar-refractivity contribution is -0.161. The molecule has 21 heavy (non-hydrogen) atoms. The normalized spacial score (nSPS) is 22.9. The number of halogens is 4. The van der Waals surface area contributed by atoms with Crippen molar-refractivity contribution in [3.63, 3.8) is 0 Å². The Labute approximate surface area is 119 Å². The molecule has 7 heteroatoms. The van der Waals surface area contributed by atoms with Gasteiger partial charge in [0.15, 0.2) is 0 Å². The smallest absolute Gasteiger partial charge is 0.352 e. The fourth-order valence-corrected chi connectivity index (χ4v) is 2.33. The first-order chi connectivity index (χ1) is 9.84. The van der Waals surface area contributed by atoms with Crippen molar-refractivity contribution in [3.05, 3.63) is 35.6 Å². The third-order valence-corrected chi connectivity index (χ3v) is 3.45. The third kappa shape index (κ3) is 4.70. The predicted octanol–water partition coefficient (Wildman–Crippen LogP) is 2.17. The molecule has 2 N–H and O–H groups in total. The number of carbonyl (C=O) groups excluding carboxylic acids is 1. The summed E-state index contributed by atoms with van der Waals surface area (Å²) in [5, 5.41) is 5.09. The number of hydrogen-bond acceptors (Lipinski definition) is 2. The average molecular weight is 304 g/mol. The summed E-state index contributed by atoms with van der Waals surface area (Å²) in [5.74, 6) is -0.660. The first kappa shape index (κ1) is 15.8. The van der Waals surface area contributed by atoms with Crippen LogP contribution in [0, 0.1) is 5.82 Å². The van der Waals surface area contributed by atoms with Gasteiger partial charge in [0.2, 0.25) is 5.91 Å². The van der Waals surface area contributed by atoms with Gasteiger partial charge in [-0.2, -0.15) is 13.2 Å². The average Bonchev–Trinajstić information content (AvgIpc) is 2.41. The molecule has 0 aliphatic carbocycles. The van der Waals surface area contributed by atoms with Crippen LogP contribution in [0.5, 0.6) is 0 Å². The van der Waals surface area contributed by atoms with E-state index in [1.54, 1.807) is 0 Å². The first-order valence-electron chi connectivity index (χ1n) is 6.68. The van der Waals surface area contributed by atoms with Crippen LogP contribution in [0.25, 0.3) is 0 Å². The van der Waals surface area contributed by atoms with Crippen molar-refractivity contribution in [1.82, 2.24) is 10.6 Å². The summed E-state index contributed by atoms with van der Waals surface area (Å²) in [4.78, 5) is 11.8. The lowest BCUT2D eigenvalue weighted by Gasteiger charge is -2.31. The highest BCUT2D eigenvalue weighted by molar-refractivity contribution is 5.78. The van der Waals surface area contributed by atoms with Gasteiger partial charge in [-0.15, -0.1) is 0 Å². The third-order valence-electron chi connectivity index (χ3n) is 3.45. The summed E-state index contributed by atoms with van der Waals surface area (Å²) in [6, 6.07) is 3.73. The molecule has 2 atom stereocenters. The highest BCUT2D eigenvalue weighted by Crippen LogP contribution is 2.26. The summed E-state index contributed by atoms with van der Waals surface area (Å²) in [6.45, 7) is 0.0966. The Morgan fingerprint density at radius 1 is 1.24 bits per heavy atom. The first-order valence-corrected chi connectivity index (χ1v) is 6.68. The van der Waals surface area contributed by atoms with Crippen molar-refractivity contribution in [2.75, 3.05) is 6.54 Å². The second kappa shape index (κ2) is 6.43. The molecule has 2 rings (SSSR count). The Balaban J connectivity index is 1.78. The summed E-state index contributed by atoms with van der Waals surface area (Å²) < 4.78 is 50.1. The zero-order valence-corrected chi connectivity index (χ0v) is 11.2. The minimum absolute atomic E-state index is 0.0506. The van der Waals surface area contributed by atoms with Crippen LogP contribution >= 0.6 is 0 Å². The second-order valence-corrected chi connectivity index (χ2v) is 5.15. The van der Waals surface area contributed by atoms with E-state index in [0.29, 0.717) is 5.56 Å². The van der Waals surface area contributed by atoms with Crippen molar-refractivity contribution >= 4 is 5.91 Å². The fraction of sp³-hybridized carbons (Fsp3) is 0.500. The Hall–Kier alpha value is -1.63. The molecule has 1 saturated heterocycles. The molecule has 0 saturated carbocycles. The van der Waals surface area contributed by atoms with E-state index >= 15 is 0 Å². The van der Waals surface area contributed by atoms with Gasteiger partial charge in [0.05, 0.1) is 6.42 Å². The van der Waals surface area contributed by atoms with E-state index in [1.807, 2.05) is 0 Å². The summed E-state index contributed by atoms with van der Waals surface area (Å²) in [6.07, 6.45) is -3.93. The second-order valence-electron chi connectivity index (χ2n) is 5.15. The van der Waals surface area contributed by atoms with Crippen molar-refractivity contribution < 1.29 is 22.4 Å². The van der Waals surface area contributed by atoms with E-state index in [4.69, 9.17) is 0 Å². The molecule has 0 bridgehead atoms. The number of amides is 1. The van der Waals surface area contributed by atoms with Gasteiger partial charge in [0, 0.05) is 12.6 Å². The minimum atomic E-state index is -4.25. The fourth-order valence-electron chi connectivity index (χ4n) is 2.33. The SMILES string of the molecule is O=C(Cc1ccc(F)cc1)NC1CCC(C(F)(F)F)NC1. The van der Waals surface area contributed by atoms with Crippen LogP contribution in [0.15, 0.2) is 24.3 Å². The van der Waals surface area contributed by atoms with Crippen LogP contribution in [0.2, 0.25) is 0 Å². The van der Waals surface area contributed by atoms with Crippen LogP contribution in [-0.2, 0) is 11.2 Å². The highest BCUT2D eigenvalue weighted by Gasteiger charge is 2.41. The standard InChI is InChI=1S/C14H16F4N2O/c15-10-3-1-9(2-4-10)7-13(21)20-11-5-6-12(19-8-11)14(16,17)18/h1-4,11-12,19H,5-8H2,(H,20,21). The van der Waals surface area contributed by atoms with Gasteiger partial charge in [0.1, 0.15) is 11.9 Å². The van der Waals surface area contributed by atoms with Crippen LogP contribution in [0.4, 0.5) is 17.6 Å². The molecule has 1 aromatic carbocycles. The molecule has 116 valence electrons. The highest BCUT2D eigenvalue weighted by atomic mass is 19.4. The molecule has 2 unspecified atom stereocenters. The Morgan fingerprint density at radius 3 is 2.43 bits per heavy atom. The van der Waals surface area contributed by atoms with Gasteiger partial charge in [0.25, 0.3) is 0 Å². The van der Waals surface area contributed by atoms with E-state index < -0.39 is 12.2 Å². The molecule has 0 radical (unpaired) electrons. The molecular formula is C14H16F4N2O. The largest absolute Gasteiger partial charge is 0.403 e. The molecule has 3 nitrogen and oxygen atoms in total. The maximum absolute atomic E-state index is 12.7. The minimum Gasteiger partial charge on any atom is -0.352 e. The van der Waals surface area contributed by atoms with Crippen LogP contribution in [0.3, 0.4) is 0 Å². The van der Waals surface area contributed by atoms with Crippen molar-refractivity contribution in [2.24, 2.45) is 0 Å². The van der Waals surface area contributed by atoms with Gasteiger partial charge >= 0.3 is 6.18 Å². The van der Waals surface area contributed by atoms with Gasteiger partial charge in [-0.05, 0) is 30.5 Å². The van der Waals surface area contributed by atoms with Crippen LogP contribution in [-0.4, -0.2) is 30.7 Å². The zero-order valence-electron chi connectivity index (χ0n) is 11.2. The molecule has 1 aliphatic heterocycles. The molecule has 0 spiro atoms.